The lowest BCUT2D eigenvalue weighted by Gasteiger charge is -2.02. The van der Waals surface area contributed by atoms with Crippen LogP contribution in [0.2, 0.25) is 0 Å². The second-order valence-electron chi connectivity index (χ2n) is 3.81. The minimum absolute atomic E-state index is 0.220. The van der Waals surface area contributed by atoms with Crippen molar-refractivity contribution in [3.8, 4) is 11.8 Å². The molecule has 19 heavy (non-hydrogen) atoms. The average molecular weight is 293 g/mol. The Balaban J connectivity index is 2.05. The Morgan fingerprint density at radius 2 is 2.32 bits per heavy atom. The molecule has 0 atom stereocenters. The van der Waals surface area contributed by atoms with E-state index in [-0.39, 0.29) is 12.4 Å². The molecular formula is C14H12FNOS2. The maximum Gasteiger partial charge on any atom is 0.150 e. The van der Waals surface area contributed by atoms with Crippen LogP contribution >= 0.6 is 23.1 Å². The van der Waals surface area contributed by atoms with Crippen LogP contribution in [0.25, 0.3) is 0 Å². The third-order valence-corrected chi connectivity index (χ3v) is 4.50. The molecule has 0 aliphatic carbocycles. The summed E-state index contributed by atoms with van der Waals surface area (Å²) in [5.41, 5.74) is 2.19. The van der Waals surface area contributed by atoms with Crippen LogP contribution < -0.4 is 0 Å². The number of thiazole rings is 1. The van der Waals surface area contributed by atoms with Crippen molar-refractivity contribution in [3.05, 3.63) is 46.2 Å². The highest BCUT2D eigenvalue weighted by molar-refractivity contribution is 8.00. The Morgan fingerprint density at radius 3 is 2.95 bits per heavy atom. The Morgan fingerprint density at radius 1 is 1.47 bits per heavy atom. The zero-order chi connectivity index (χ0) is 13.7. The fourth-order valence-electron chi connectivity index (χ4n) is 1.42. The van der Waals surface area contributed by atoms with Gasteiger partial charge in [0.2, 0.25) is 0 Å². The first-order valence-electron chi connectivity index (χ1n) is 5.62. The topological polar surface area (TPSA) is 33.1 Å². The van der Waals surface area contributed by atoms with Gasteiger partial charge in [0, 0.05) is 22.4 Å². The van der Waals surface area contributed by atoms with Crippen molar-refractivity contribution in [3.63, 3.8) is 0 Å². The molecule has 0 saturated carbocycles. The molecule has 5 heteroatoms. The van der Waals surface area contributed by atoms with Crippen molar-refractivity contribution in [1.29, 1.82) is 0 Å². The van der Waals surface area contributed by atoms with Gasteiger partial charge >= 0.3 is 0 Å². The Hall–Kier alpha value is -1.35. The van der Waals surface area contributed by atoms with Crippen molar-refractivity contribution in [2.45, 2.75) is 17.0 Å². The van der Waals surface area contributed by atoms with Crippen LogP contribution in [0.15, 0.2) is 27.9 Å². The molecule has 1 aromatic heterocycles. The van der Waals surface area contributed by atoms with Crippen molar-refractivity contribution in [2.75, 3.05) is 6.61 Å². The summed E-state index contributed by atoms with van der Waals surface area (Å²) in [4.78, 5) is 4.32. The lowest BCUT2D eigenvalue weighted by molar-refractivity contribution is 0.350. The number of halogens is 1. The highest BCUT2D eigenvalue weighted by atomic mass is 32.2. The molecule has 0 amide bonds. The van der Waals surface area contributed by atoms with Crippen LogP contribution in [0.5, 0.6) is 0 Å². The Bertz CT molecular complexity index is 628. The molecule has 2 rings (SSSR count). The van der Waals surface area contributed by atoms with Crippen molar-refractivity contribution < 1.29 is 9.50 Å². The highest BCUT2D eigenvalue weighted by Gasteiger charge is 2.05. The molecule has 1 N–H and O–H groups in total. The predicted molar refractivity (Wildman–Crippen MR) is 76.8 cm³/mol. The van der Waals surface area contributed by atoms with E-state index in [9.17, 15) is 4.39 Å². The fourth-order valence-corrected chi connectivity index (χ4v) is 3.26. The van der Waals surface area contributed by atoms with Crippen molar-refractivity contribution in [1.82, 2.24) is 4.98 Å². The van der Waals surface area contributed by atoms with Crippen LogP contribution in [0.4, 0.5) is 4.39 Å². The number of aliphatic hydroxyl groups is 1. The zero-order valence-electron chi connectivity index (χ0n) is 10.3. The summed E-state index contributed by atoms with van der Waals surface area (Å²) in [5, 5.41) is 10.6. The third kappa shape index (κ3) is 4.06. The van der Waals surface area contributed by atoms with Crippen LogP contribution in [-0.2, 0) is 5.75 Å². The minimum Gasteiger partial charge on any atom is -0.384 e. The number of benzene rings is 1. The number of aliphatic hydroxyl groups excluding tert-OH is 1. The number of rotatable bonds is 3. The largest absolute Gasteiger partial charge is 0.384 e. The first kappa shape index (κ1) is 14.1. The Kier molecular flexibility index (Phi) is 4.97. The van der Waals surface area contributed by atoms with E-state index in [1.165, 1.54) is 17.8 Å². The van der Waals surface area contributed by atoms with E-state index >= 15 is 0 Å². The molecule has 0 bridgehead atoms. The van der Waals surface area contributed by atoms with E-state index < -0.39 is 0 Å². The monoisotopic (exact) mass is 293 g/mol. The molecule has 98 valence electrons. The lowest BCUT2D eigenvalue weighted by atomic mass is 10.1. The van der Waals surface area contributed by atoms with Crippen LogP contribution in [0.3, 0.4) is 0 Å². The average Bonchev–Trinajstić information content (AvgIpc) is 2.81. The van der Waals surface area contributed by atoms with Crippen LogP contribution in [0, 0.1) is 24.6 Å². The second-order valence-corrected chi connectivity index (χ2v) is 5.89. The van der Waals surface area contributed by atoms with Crippen LogP contribution in [-0.4, -0.2) is 16.7 Å². The van der Waals surface area contributed by atoms with Gasteiger partial charge < -0.3 is 5.11 Å². The zero-order valence-corrected chi connectivity index (χ0v) is 11.9. The van der Waals surface area contributed by atoms with Gasteiger partial charge in [-0.2, -0.15) is 0 Å². The van der Waals surface area contributed by atoms with E-state index in [0.29, 0.717) is 16.9 Å². The fraction of sp³-hybridized carbons (Fsp3) is 0.214. The Labute approximate surface area is 119 Å². The number of nitrogens with zero attached hydrogens (tertiary/aromatic N) is 1. The summed E-state index contributed by atoms with van der Waals surface area (Å²) in [5.74, 6) is 5.46. The number of hydrogen-bond donors (Lipinski definition) is 1. The van der Waals surface area contributed by atoms with Gasteiger partial charge in [0.25, 0.3) is 0 Å². The summed E-state index contributed by atoms with van der Waals surface area (Å²) in [6.07, 6.45) is 0. The standard InChI is InChI=1S/C14H12FNOS2/c1-10-8-18-14(16-10)19-9-12-5-4-11(3-2-6-17)7-13(12)15/h4-5,7-8,17H,6,9H2,1H3. The number of aryl methyl sites for hydroxylation is 1. The molecule has 0 saturated heterocycles. The van der Waals surface area contributed by atoms with Gasteiger partial charge in [-0.15, -0.1) is 11.3 Å². The predicted octanol–water partition coefficient (Wildman–Crippen LogP) is 3.23. The molecule has 0 spiro atoms. The van der Waals surface area contributed by atoms with Gasteiger partial charge in [-0.3, -0.25) is 0 Å². The molecule has 2 nitrogen and oxygen atoms in total. The molecule has 0 fully saturated rings. The molecule has 0 radical (unpaired) electrons. The first-order valence-corrected chi connectivity index (χ1v) is 7.48. The van der Waals surface area contributed by atoms with E-state index in [1.807, 2.05) is 12.3 Å². The maximum absolute atomic E-state index is 13.8. The smallest absolute Gasteiger partial charge is 0.150 e. The SMILES string of the molecule is Cc1csc(SCc2ccc(C#CCO)cc2F)n1. The molecule has 1 aromatic carbocycles. The van der Waals surface area contributed by atoms with E-state index in [2.05, 4.69) is 16.8 Å². The van der Waals surface area contributed by atoms with Gasteiger partial charge in [-0.1, -0.05) is 29.7 Å². The van der Waals surface area contributed by atoms with Gasteiger partial charge in [0.15, 0.2) is 0 Å². The highest BCUT2D eigenvalue weighted by Crippen LogP contribution is 2.27. The quantitative estimate of drug-likeness (QED) is 0.697. The lowest BCUT2D eigenvalue weighted by Crippen LogP contribution is -1.89. The first-order chi connectivity index (χ1) is 9.19. The number of aromatic nitrogens is 1. The van der Waals surface area contributed by atoms with Gasteiger partial charge in [-0.25, -0.2) is 9.37 Å². The van der Waals surface area contributed by atoms with Crippen molar-refractivity contribution in [2.24, 2.45) is 0 Å². The maximum atomic E-state index is 13.8. The number of thioether (sulfide) groups is 1. The number of hydrogen-bond acceptors (Lipinski definition) is 4. The molecule has 2 aromatic rings. The molecule has 0 aliphatic heterocycles. The molecule has 0 aliphatic rings. The van der Waals surface area contributed by atoms with E-state index in [1.54, 1.807) is 23.5 Å². The normalized spacial score (nSPS) is 10.1. The van der Waals surface area contributed by atoms with Gasteiger partial charge in [0.1, 0.15) is 16.8 Å². The summed E-state index contributed by atoms with van der Waals surface area (Å²) in [6.45, 7) is 1.72. The molecular weight excluding hydrogens is 281 g/mol. The summed E-state index contributed by atoms with van der Waals surface area (Å²) >= 11 is 3.09. The molecule has 0 unspecified atom stereocenters. The minimum atomic E-state index is -0.273. The van der Waals surface area contributed by atoms with E-state index in [4.69, 9.17) is 5.11 Å². The third-order valence-electron chi connectivity index (χ3n) is 2.31. The van der Waals surface area contributed by atoms with Crippen molar-refractivity contribution >= 4 is 23.1 Å². The summed E-state index contributed by atoms with van der Waals surface area (Å²) in [6, 6.07) is 4.88. The van der Waals surface area contributed by atoms with Crippen LogP contribution in [0.1, 0.15) is 16.8 Å². The summed E-state index contributed by atoms with van der Waals surface area (Å²) in [7, 11) is 0. The van der Waals surface area contributed by atoms with Gasteiger partial charge in [-0.05, 0) is 24.6 Å². The summed E-state index contributed by atoms with van der Waals surface area (Å²) < 4.78 is 14.8. The second kappa shape index (κ2) is 6.71. The van der Waals surface area contributed by atoms with E-state index in [0.717, 1.165) is 10.0 Å². The van der Waals surface area contributed by atoms with Gasteiger partial charge in [0.05, 0.1) is 0 Å². The molecule has 1 heterocycles.